The van der Waals surface area contributed by atoms with Crippen LogP contribution in [0.15, 0.2) is 40.9 Å². The molecule has 2 aromatic rings. The summed E-state index contributed by atoms with van der Waals surface area (Å²) in [6.07, 6.45) is -0.384. The third-order valence-electron chi connectivity index (χ3n) is 3.21. The lowest BCUT2D eigenvalue weighted by Gasteiger charge is -2.16. The second-order valence-electron chi connectivity index (χ2n) is 4.58. The first kappa shape index (κ1) is 15.8. The molecule has 0 heterocycles. The number of hydrogen-bond acceptors (Lipinski definition) is 3. The molecule has 2 aromatic carbocycles. The van der Waals surface area contributed by atoms with E-state index < -0.39 is 6.10 Å². The SMILES string of the molecule is COc1ccc(C(O)Cc2ccc(F)c(Br)c2)c(OC)c1. The van der Waals surface area contributed by atoms with Gasteiger partial charge in [-0.25, -0.2) is 4.39 Å². The Morgan fingerprint density at radius 3 is 2.52 bits per heavy atom. The average Bonchev–Trinajstić information content (AvgIpc) is 2.50. The van der Waals surface area contributed by atoms with E-state index in [0.29, 0.717) is 28.0 Å². The molecule has 0 amide bonds. The van der Waals surface area contributed by atoms with E-state index in [4.69, 9.17) is 9.47 Å². The minimum Gasteiger partial charge on any atom is -0.497 e. The maximum absolute atomic E-state index is 13.2. The van der Waals surface area contributed by atoms with Gasteiger partial charge in [0.05, 0.1) is 24.8 Å². The zero-order chi connectivity index (χ0) is 15.4. The van der Waals surface area contributed by atoms with Crippen LogP contribution in [-0.2, 0) is 6.42 Å². The summed E-state index contributed by atoms with van der Waals surface area (Å²) in [5.41, 5.74) is 1.49. The quantitative estimate of drug-likeness (QED) is 0.885. The molecule has 1 N–H and O–H groups in total. The van der Waals surface area contributed by atoms with Crippen molar-refractivity contribution in [2.75, 3.05) is 14.2 Å². The fourth-order valence-corrected chi connectivity index (χ4v) is 2.52. The van der Waals surface area contributed by atoms with E-state index in [0.717, 1.165) is 5.56 Å². The summed E-state index contributed by atoms with van der Waals surface area (Å²) >= 11 is 3.14. The molecule has 3 nitrogen and oxygen atoms in total. The van der Waals surface area contributed by atoms with Crippen molar-refractivity contribution >= 4 is 15.9 Å². The summed E-state index contributed by atoms with van der Waals surface area (Å²) in [7, 11) is 3.11. The number of benzene rings is 2. The molecule has 1 atom stereocenters. The highest BCUT2D eigenvalue weighted by atomic mass is 79.9. The lowest BCUT2D eigenvalue weighted by molar-refractivity contribution is 0.174. The van der Waals surface area contributed by atoms with Gasteiger partial charge < -0.3 is 14.6 Å². The predicted molar refractivity (Wildman–Crippen MR) is 82.3 cm³/mol. The molecule has 0 fully saturated rings. The lowest BCUT2D eigenvalue weighted by atomic mass is 10.0. The van der Waals surface area contributed by atoms with E-state index in [1.165, 1.54) is 6.07 Å². The zero-order valence-electron chi connectivity index (χ0n) is 11.8. The fourth-order valence-electron chi connectivity index (χ4n) is 2.09. The van der Waals surface area contributed by atoms with Gasteiger partial charge in [0.2, 0.25) is 0 Å². The van der Waals surface area contributed by atoms with Gasteiger partial charge >= 0.3 is 0 Å². The number of aliphatic hydroxyl groups is 1. The van der Waals surface area contributed by atoms with E-state index >= 15 is 0 Å². The van der Waals surface area contributed by atoms with Gasteiger partial charge in [-0.3, -0.25) is 0 Å². The number of rotatable bonds is 5. The van der Waals surface area contributed by atoms with Crippen LogP contribution >= 0.6 is 15.9 Å². The van der Waals surface area contributed by atoms with Crippen LogP contribution in [0.3, 0.4) is 0 Å². The van der Waals surface area contributed by atoms with Crippen LogP contribution in [0.5, 0.6) is 11.5 Å². The van der Waals surface area contributed by atoms with Gasteiger partial charge in [-0.1, -0.05) is 6.07 Å². The second kappa shape index (κ2) is 6.91. The maximum atomic E-state index is 13.2. The van der Waals surface area contributed by atoms with Crippen molar-refractivity contribution < 1.29 is 19.0 Å². The summed E-state index contributed by atoms with van der Waals surface area (Å²) in [6.45, 7) is 0. The Labute approximate surface area is 131 Å². The fraction of sp³-hybridized carbons (Fsp3) is 0.250. The molecule has 5 heteroatoms. The van der Waals surface area contributed by atoms with Crippen LogP contribution < -0.4 is 9.47 Å². The highest BCUT2D eigenvalue weighted by molar-refractivity contribution is 9.10. The molecule has 112 valence electrons. The van der Waals surface area contributed by atoms with Gasteiger partial charge in [0.15, 0.2) is 0 Å². The Morgan fingerprint density at radius 2 is 1.90 bits per heavy atom. The molecule has 0 saturated heterocycles. The molecule has 0 aliphatic carbocycles. The zero-order valence-corrected chi connectivity index (χ0v) is 13.4. The van der Waals surface area contributed by atoms with Crippen LogP contribution in [-0.4, -0.2) is 19.3 Å². The second-order valence-corrected chi connectivity index (χ2v) is 5.43. The molecular formula is C16H16BrFO3. The van der Waals surface area contributed by atoms with Crippen LogP contribution in [0.1, 0.15) is 17.2 Å². The van der Waals surface area contributed by atoms with Crippen LogP contribution in [0, 0.1) is 5.82 Å². The van der Waals surface area contributed by atoms with Crippen molar-refractivity contribution in [3.8, 4) is 11.5 Å². The Bertz CT molecular complexity index is 631. The Morgan fingerprint density at radius 1 is 1.14 bits per heavy atom. The number of ether oxygens (including phenoxy) is 2. The van der Waals surface area contributed by atoms with Gasteiger partial charge in [-0.15, -0.1) is 0 Å². The Balaban J connectivity index is 2.23. The number of methoxy groups -OCH3 is 2. The molecule has 0 aromatic heterocycles. The van der Waals surface area contributed by atoms with E-state index in [1.807, 2.05) is 0 Å². The summed E-state index contributed by atoms with van der Waals surface area (Å²) < 4.78 is 24.0. The molecule has 1 unspecified atom stereocenters. The molecule has 0 saturated carbocycles. The van der Waals surface area contributed by atoms with Crippen molar-refractivity contribution in [1.82, 2.24) is 0 Å². The van der Waals surface area contributed by atoms with Crippen LogP contribution in [0.2, 0.25) is 0 Å². The number of halogens is 2. The van der Waals surface area contributed by atoms with E-state index in [9.17, 15) is 9.50 Å². The normalized spacial score (nSPS) is 12.0. The van der Waals surface area contributed by atoms with Crippen LogP contribution in [0.4, 0.5) is 4.39 Å². The Hall–Kier alpha value is -1.59. The van der Waals surface area contributed by atoms with Crippen molar-refractivity contribution in [3.63, 3.8) is 0 Å². The van der Waals surface area contributed by atoms with Crippen molar-refractivity contribution in [2.24, 2.45) is 0 Å². The first-order valence-corrected chi connectivity index (χ1v) is 7.18. The lowest BCUT2D eigenvalue weighted by Crippen LogP contribution is -2.04. The van der Waals surface area contributed by atoms with Crippen molar-refractivity contribution in [3.05, 3.63) is 57.8 Å². The Kier molecular flexibility index (Phi) is 5.20. The minimum absolute atomic E-state index is 0.324. The first-order valence-electron chi connectivity index (χ1n) is 6.39. The van der Waals surface area contributed by atoms with Crippen molar-refractivity contribution in [1.29, 1.82) is 0 Å². The van der Waals surface area contributed by atoms with E-state index in [2.05, 4.69) is 15.9 Å². The first-order chi connectivity index (χ1) is 10.0. The van der Waals surface area contributed by atoms with Gasteiger partial charge in [0.25, 0.3) is 0 Å². The van der Waals surface area contributed by atoms with Crippen LogP contribution in [0.25, 0.3) is 0 Å². The summed E-state index contributed by atoms with van der Waals surface area (Å²) in [4.78, 5) is 0. The molecule has 0 spiro atoms. The summed E-state index contributed by atoms with van der Waals surface area (Å²) in [5, 5.41) is 10.4. The molecule has 0 aliphatic heterocycles. The molecule has 0 bridgehead atoms. The summed E-state index contributed by atoms with van der Waals surface area (Å²) in [6, 6.07) is 9.94. The molecule has 2 rings (SSSR count). The smallest absolute Gasteiger partial charge is 0.137 e. The minimum atomic E-state index is -0.747. The number of hydrogen-bond donors (Lipinski definition) is 1. The van der Waals surface area contributed by atoms with Crippen molar-refractivity contribution in [2.45, 2.75) is 12.5 Å². The molecular weight excluding hydrogens is 339 g/mol. The van der Waals surface area contributed by atoms with Gasteiger partial charge in [0.1, 0.15) is 17.3 Å². The largest absolute Gasteiger partial charge is 0.497 e. The molecule has 0 radical (unpaired) electrons. The third-order valence-corrected chi connectivity index (χ3v) is 3.82. The third kappa shape index (κ3) is 3.74. The van der Waals surface area contributed by atoms with E-state index in [1.54, 1.807) is 44.6 Å². The van der Waals surface area contributed by atoms with Gasteiger partial charge in [-0.05, 0) is 45.8 Å². The predicted octanol–water partition coefficient (Wildman–Crippen LogP) is 3.88. The highest BCUT2D eigenvalue weighted by Crippen LogP contribution is 2.31. The maximum Gasteiger partial charge on any atom is 0.137 e. The van der Waals surface area contributed by atoms with Gasteiger partial charge in [-0.2, -0.15) is 0 Å². The number of aliphatic hydroxyl groups excluding tert-OH is 1. The monoisotopic (exact) mass is 354 g/mol. The van der Waals surface area contributed by atoms with E-state index in [-0.39, 0.29) is 5.82 Å². The standard InChI is InChI=1S/C16H16BrFO3/c1-20-11-4-5-12(16(9-11)21-2)15(19)8-10-3-6-14(18)13(17)7-10/h3-7,9,15,19H,8H2,1-2H3. The summed E-state index contributed by atoms with van der Waals surface area (Å²) in [5.74, 6) is 0.894. The molecule has 0 aliphatic rings. The highest BCUT2D eigenvalue weighted by Gasteiger charge is 2.15. The average molecular weight is 355 g/mol. The molecule has 21 heavy (non-hydrogen) atoms. The van der Waals surface area contributed by atoms with Gasteiger partial charge in [0, 0.05) is 18.1 Å². The topological polar surface area (TPSA) is 38.7 Å².